The minimum Gasteiger partial charge on any atom is -0.383 e. The number of Topliss-reactive ketones (excluding diaryl/α,β-unsaturated/α-hetero) is 1. The Labute approximate surface area is 264 Å². The molecule has 5 atom stereocenters. The molecule has 4 rings (SSSR count). The van der Waals surface area contributed by atoms with E-state index in [2.05, 4.69) is 20.9 Å². The fourth-order valence-electron chi connectivity index (χ4n) is 6.01. The molecule has 3 heterocycles. The van der Waals surface area contributed by atoms with E-state index in [9.17, 15) is 29.1 Å². The second kappa shape index (κ2) is 16.3. The fourth-order valence-corrected chi connectivity index (χ4v) is 6.01. The number of imidazole rings is 1. The Bertz CT molecular complexity index is 1300. The molecule has 4 amide bonds. The van der Waals surface area contributed by atoms with Crippen molar-refractivity contribution >= 4 is 29.4 Å². The Morgan fingerprint density at radius 1 is 0.956 bits per heavy atom. The molecule has 0 saturated carbocycles. The van der Waals surface area contributed by atoms with Gasteiger partial charge in [-0.3, -0.25) is 24.0 Å². The van der Waals surface area contributed by atoms with E-state index in [0.717, 1.165) is 18.4 Å². The van der Waals surface area contributed by atoms with Crippen molar-refractivity contribution in [1.82, 2.24) is 30.4 Å². The maximum atomic E-state index is 13.8. The number of nitrogens with one attached hydrogen (secondary N) is 3. The summed E-state index contributed by atoms with van der Waals surface area (Å²) in [6.07, 6.45) is 7.33. The summed E-state index contributed by atoms with van der Waals surface area (Å²) in [5, 5.41) is 18.9. The van der Waals surface area contributed by atoms with Crippen LogP contribution in [0.5, 0.6) is 0 Å². The lowest BCUT2D eigenvalue weighted by molar-refractivity contribution is -0.147. The highest BCUT2D eigenvalue weighted by molar-refractivity contribution is 5.97. The number of piperidine rings is 1. The van der Waals surface area contributed by atoms with Crippen molar-refractivity contribution in [3.05, 3.63) is 54.6 Å². The number of amides is 4. The zero-order valence-electron chi connectivity index (χ0n) is 26.2. The zero-order valence-corrected chi connectivity index (χ0v) is 26.2. The van der Waals surface area contributed by atoms with Gasteiger partial charge in [-0.1, -0.05) is 50.6 Å². The van der Waals surface area contributed by atoms with Gasteiger partial charge in [-0.05, 0) is 50.0 Å². The summed E-state index contributed by atoms with van der Waals surface area (Å²) in [5.41, 5.74) is 0.834. The predicted molar refractivity (Wildman–Crippen MR) is 166 cm³/mol. The van der Waals surface area contributed by atoms with Crippen molar-refractivity contribution in [3.63, 3.8) is 0 Å². The number of aromatic nitrogens is 2. The number of aliphatic hydroxyl groups excluding tert-OH is 1. The van der Waals surface area contributed by atoms with Gasteiger partial charge in [-0.15, -0.1) is 0 Å². The Kier molecular flexibility index (Phi) is 12.3. The third-order valence-electron chi connectivity index (χ3n) is 8.44. The molecule has 0 radical (unpaired) electrons. The second-order valence-electron chi connectivity index (χ2n) is 12.5. The highest BCUT2D eigenvalue weighted by Crippen LogP contribution is 2.21. The largest absolute Gasteiger partial charge is 0.383 e. The van der Waals surface area contributed by atoms with E-state index in [-0.39, 0.29) is 43.4 Å². The van der Waals surface area contributed by atoms with E-state index in [1.54, 1.807) is 21.9 Å². The lowest BCUT2D eigenvalue weighted by atomic mass is 9.95. The number of benzene rings is 1. The van der Waals surface area contributed by atoms with Crippen LogP contribution in [0.25, 0.3) is 0 Å². The first-order valence-electron chi connectivity index (χ1n) is 16.0. The first kappa shape index (κ1) is 33.8. The van der Waals surface area contributed by atoms with Crippen molar-refractivity contribution in [2.45, 2.75) is 108 Å². The third kappa shape index (κ3) is 9.71. The van der Waals surface area contributed by atoms with Gasteiger partial charge in [0, 0.05) is 31.8 Å². The Hall–Kier alpha value is -4.06. The van der Waals surface area contributed by atoms with E-state index >= 15 is 0 Å². The van der Waals surface area contributed by atoms with Crippen LogP contribution in [0, 0.1) is 5.92 Å². The molecule has 0 spiro atoms. The van der Waals surface area contributed by atoms with Gasteiger partial charge in [0.25, 0.3) is 0 Å². The molecule has 1 aromatic heterocycles. The van der Waals surface area contributed by atoms with E-state index in [0.29, 0.717) is 32.2 Å². The number of fused-ring (bicyclic) bond motifs is 1. The van der Waals surface area contributed by atoms with Crippen LogP contribution in [-0.4, -0.2) is 85.8 Å². The van der Waals surface area contributed by atoms with E-state index in [1.807, 2.05) is 44.2 Å². The van der Waals surface area contributed by atoms with Gasteiger partial charge in [0.1, 0.15) is 30.3 Å². The van der Waals surface area contributed by atoms with Crippen molar-refractivity contribution in [1.29, 1.82) is 0 Å². The van der Waals surface area contributed by atoms with Gasteiger partial charge >= 0.3 is 0 Å². The van der Waals surface area contributed by atoms with Gasteiger partial charge in [0.2, 0.25) is 23.6 Å². The van der Waals surface area contributed by atoms with Gasteiger partial charge in [-0.2, -0.15) is 0 Å². The molecule has 2 fully saturated rings. The lowest BCUT2D eigenvalue weighted by Crippen LogP contribution is -2.63. The zero-order chi connectivity index (χ0) is 32.3. The monoisotopic (exact) mass is 622 g/mol. The molecule has 2 aromatic rings. The number of carbonyl (C=O) groups is 5. The van der Waals surface area contributed by atoms with Crippen molar-refractivity contribution in [3.8, 4) is 0 Å². The van der Waals surface area contributed by atoms with Gasteiger partial charge in [-0.25, -0.2) is 4.98 Å². The molecule has 0 aliphatic carbocycles. The van der Waals surface area contributed by atoms with Crippen LogP contribution in [0.4, 0.5) is 0 Å². The highest BCUT2D eigenvalue weighted by atomic mass is 16.3. The number of rotatable bonds is 12. The van der Waals surface area contributed by atoms with E-state index < -0.39 is 48.0 Å². The lowest BCUT2D eigenvalue weighted by Gasteiger charge is -2.39. The molecule has 244 valence electrons. The van der Waals surface area contributed by atoms with Gasteiger partial charge in [0.15, 0.2) is 5.78 Å². The number of aliphatic hydroxyl groups is 1. The van der Waals surface area contributed by atoms with Crippen LogP contribution < -0.4 is 16.0 Å². The standard InChI is InChI=1S/C33H46N6O6/c1-22(2)18-26-33(45)39-16-9-8-13-27(39)32(44)35-24(12-6-7-14-28(40)29(41)20-38-17-15-34-21-38)30(42)36-25(31(43)37-26)19-23-10-4-3-5-11-23/h3-5,10-11,15,17,21-22,24-27,29,41H,6-9,12-14,16,18-20H2,1-2H3,(H,35,44)(H,36,42)(H,37,43). The minimum absolute atomic E-state index is 0.106. The van der Waals surface area contributed by atoms with Gasteiger partial charge < -0.3 is 30.5 Å². The first-order chi connectivity index (χ1) is 21.6. The summed E-state index contributed by atoms with van der Waals surface area (Å²) < 4.78 is 1.62. The Morgan fingerprint density at radius 2 is 1.67 bits per heavy atom. The number of nitrogens with zero attached hydrogens (tertiary/aromatic N) is 3. The SMILES string of the molecule is CC(C)CC1NC(=O)C(Cc2ccccc2)NC(=O)C(CCCCC(=O)C(O)Cn2ccnc2)NC(=O)C2CCCCN2C1=O. The molecule has 12 heteroatoms. The summed E-state index contributed by atoms with van der Waals surface area (Å²) in [4.78, 5) is 72.9. The average Bonchev–Trinajstić information content (AvgIpc) is 3.54. The van der Waals surface area contributed by atoms with Crippen LogP contribution >= 0.6 is 0 Å². The molecule has 2 saturated heterocycles. The topological polar surface area (TPSA) is 163 Å². The number of hydrogen-bond donors (Lipinski definition) is 4. The molecule has 5 unspecified atom stereocenters. The molecule has 2 aliphatic rings. The molecular formula is C33H46N6O6. The number of carbonyl (C=O) groups excluding carboxylic acids is 5. The average molecular weight is 623 g/mol. The summed E-state index contributed by atoms with van der Waals surface area (Å²) in [6, 6.07) is 5.78. The van der Waals surface area contributed by atoms with Crippen LogP contribution in [0.2, 0.25) is 0 Å². The molecule has 4 N–H and O–H groups in total. The van der Waals surface area contributed by atoms with Crippen LogP contribution in [0.15, 0.2) is 49.1 Å². The highest BCUT2D eigenvalue weighted by Gasteiger charge is 2.39. The third-order valence-corrected chi connectivity index (χ3v) is 8.44. The number of hydrogen-bond acceptors (Lipinski definition) is 7. The van der Waals surface area contributed by atoms with E-state index in [1.165, 1.54) is 6.33 Å². The van der Waals surface area contributed by atoms with E-state index in [4.69, 9.17) is 0 Å². The summed E-state index contributed by atoms with van der Waals surface area (Å²) in [5.74, 6) is -1.85. The Morgan fingerprint density at radius 3 is 2.38 bits per heavy atom. The Balaban J connectivity index is 1.51. The van der Waals surface area contributed by atoms with Crippen LogP contribution in [0.3, 0.4) is 0 Å². The maximum Gasteiger partial charge on any atom is 0.245 e. The first-order valence-corrected chi connectivity index (χ1v) is 16.0. The summed E-state index contributed by atoms with van der Waals surface area (Å²) in [6.45, 7) is 4.45. The molecule has 1 aromatic carbocycles. The molecule has 0 bridgehead atoms. The molecule has 45 heavy (non-hydrogen) atoms. The molecule has 12 nitrogen and oxygen atoms in total. The van der Waals surface area contributed by atoms with Gasteiger partial charge in [0.05, 0.1) is 12.9 Å². The minimum atomic E-state index is -1.17. The van der Waals surface area contributed by atoms with Crippen molar-refractivity contribution < 1.29 is 29.1 Å². The summed E-state index contributed by atoms with van der Waals surface area (Å²) >= 11 is 0. The van der Waals surface area contributed by atoms with Crippen LogP contribution in [0.1, 0.15) is 70.8 Å². The molecular weight excluding hydrogens is 576 g/mol. The quantitative estimate of drug-likeness (QED) is 0.261. The summed E-state index contributed by atoms with van der Waals surface area (Å²) in [7, 11) is 0. The fraction of sp³-hybridized carbons (Fsp3) is 0.576. The smallest absolute Gasteiger partial charge is 0.245 e. The predicted octanol–water partition coefficient (Wildman–Crippen LogP) is 1.51. The maximum absolute atomic E-state index is 13.8. The normalized spacial score (nSPS) is 23.7. The molecule has 2 aliphatic heterocycles. The van der Waals surface area contributed by atoms with Crippen molar-refractivity contribution in [2.75, 3.05) is 6.54 Å². The second-order valence-corrected chi connectivity index (χ2v) is 12.5. The number of unbranched alkanes of at least 4 members (excludes halogenated alkanes) is 1. The van der Waals surface area contributed by atoms with Crippen molar-refractivity contribution in [2.24, 2.45) is 5.92 Å². The van der Waals surface area contributed by atoms with Crippen LogP contribution in [-0.2, 0) is 36.9 Å². The number of ketones is 1.